The van der Waals surface area contributed by atoms with Crippen LogP contribution in [0.3, 0.4) is 0 Å². The average molecular weight is 246 g/mol. The summed E-state index contributed by atoms with van der Waals surface area (Å²) in [4.78, 5) is 14.3. The van der Waals surface area contributed by atoms with Gasteiger partial charge in [-0.3, -0.25) is 4.79 Å². The molecule has 0 aliphatic heterocycles. The van der Waals surface area contributed by atoms with Crippen molar-refractivity contribution in [2.24, 2.45) is 0 Å². The largest absolute Gasteiger partial charge is 0.306 e. The lowest BCUT2D eigenvalue weighted by atomic mass is 10.3. The van der Waals surface area contributed by atoms with Gasteiger partial charge < -0.3 is 4.90 Å². The normalized spacial score (nSPS) is 10.9. The summed E-state index contributed by atoms with van der Waals surface area (Å²) in [6, 6.07) is 3.99. The van der Waals surface area contributed by atoms with Crippen molar-refractivity contribution in [2.45, 2.75) is 19.8 Å². The molecular weight excluding hydrogens is 230 g/mol. The highest BCUT2D eigenvalue weighted by molar-refractivity contribution is 7.16. The summed E-state index contributed by atoms with van der Waals surface area (Å²) in [7, 11) is 2.04. The quantitative estimate of drug-likeness (QED) is 0.768. The molecule has 0 amide bonds. The van der Waals surface area contributed by atoms with Crippen LogP contribution in [0.2, 0.25) is 4.34 Å². The number of hydrogen-bond acceptors (Lipinski definition) is 3. The molecule has 0 saturated heterocycles. The van der Waals surface area contributed by atoms with Crippen molar-refractivity contribution in [2.75, 3.05) is 20.1 Å². The number of ketones is 1. The number of rotatable bonds is 6. The Morgan fingerprint density at radius 1 is 1.47 bits per heavy atom. The van der Waals surface area contributed by atoms with E-state index in [1.54, 1.807) is 18.3 Å². The van der Waals surface area contributed by atoms with Crippen LogP contribution in [-0.4, -0.2) is 30.8 Å². The third kappa shape index (κ3) is 5.30. The molecule has 4 heteroatoms. The van der Waals surface area contributed by atoms with Crippen LogP contribution in [0.15, 0.2) is 12.1 Å². The summed E-state index contributed by atoms with van der Waals surface area (Å²) < 4.78 is 0.844. The summed E-state index contributed by atoms with van der Waals surface area (Å²) in [6.07, 6.45) is 1.65. The summed E-state index contributed by atoms with van der Waals surface area (Å²) in [5.41, 5.74) is 0. The van der Waals surface area contributed by atoms with Crippen molar-refractivity contribution >= 4 is 28.7 Å². The van der Waals surface area contributed by atoms with Gasteiger partial charge in [0.2, 0.25) is 0 Å². The summed E-state index contributed by atoms with van der Waals surface area (Å²) >= 11 is 7.46. The molecule has 1 aromatic rings. The van der Waals surface area contributed by atoms with E-state index >= 15 is 0 Å². The monoisotopic (exact) mass is 245 g/mol. The first-order chi connectivity index (χ1) is 7.08. The van der Waals surface area contributed by atoms with E-state index in [0.717, 1.165) is 23.8 Å². The summed E-state index contributed by atoms with van der Waals surface area (Å²) in [6.45, 7) is 3.45. The Bertz CT molecular complexity index is 324. The third-order valence-corrected chi connectivity index (χ3v) is 3.51. The van der Waals surface area contributed by atoms with Crippen LogP contribution in [0.4, 0.5) is 0 Å². The molecule has 0 atom stereocenters. The lowest BCUT2D eigenvalue weighted by Crippen LogP contribution is -2.23. The highest BCUT2D eigenvalue weighted by Gasteiger charge is 2.02. The van der Waals surface area contributed by atoms with Crippen LogP contribution in [0.1, 0.15) is 18.2 Å². The molecule has 1 aromatic heterocycles. The molecule has 15 heavy (non-hydrogen) atoms. The molecule has 0 spiro atoms. The lowest BCUT2D eigenvalue weighted by molar-refractivity contribution is -0.117. The van der Waals surface area contributed by atoms with Crippen LogP contribution in [0.5, 0.6) is 0 Å². The molecule has 0 aromatic carbocycles. The van der Waals surface area contributed by atoms with Gasteiger partial charge in [0, 0.05) is 24.4 Å². The zero-order valence-corrected chi connectivity index (χ0v) is 10.7. The van der Waals surface area contributed by atoms with E-state index in [-0.39, 0.29) is 5.78 Å². The number of thiophene rings is 1. The summed E-state index contributed by atoms with van der Waals surface area (Å²) in [5, 5.41) is 0. The Morgan fingerprint density at radius 2 is 2.20 bits per heavy atom. The van der Waals surface area contributed by atoms with Crippen LogP contribution in [0, 0.1) is 0 Å². The molecule has 84 valence electrons. The van der Waals surface area contributed by atoms with Crippen LogP contribution in [-0.2, 0) is 11.2 Å². The molecule has 0 N–H and O–H groups in total. The number of Topliss-reactive ketones (excluding diaryl/α,β-unsaturated/α-hetero) is 1. The number of nitrogens with zero attached hydrogens (tertiary/aromatic N) is 1. The number of hydrogen-bond donors (Lipinski definition) is 0. The van der Waals surface area contributed by atoms with Gasteiger partial charge in [0.05, 0.1) is 4.34 Å². The number of halogens is 1. The topological polar surface area (TPSA) is 20.3 Å². The predicted octanol–water partition coefficient (Wildman–Crippen LogP) is 2.85. The fourth-order valence-corrected chi connectivity index (χ4v) is 2.32. The molecule has 1 heterocycles. The molecule has 0 fully saturated rings. The van der Waals surface area contributed by atoms with E-state index in [1.165, 1.54) is 4.88 Å². The van der Waals surface area contributed by atoms with Crippen molar-refractivity contribution in [1.82, 2.24) is 4.90 Å². The average Bonchev–Trinajstić information content (AvgIpc) is 2.58. The first-order valence-corrected chi connectivity index (χ1v) is 6.19. The molecule has 0 unspecified atom stereocenters. The first-order valence-electron chi connectivity index (χ1n) is 5.00. The molecule has 0 radical (unpaired) electrons. The standard InChI is InChI=1S/C11H16ClNOS/c1-9(14)5-7-13(2)8-6-10-3-4-11(12)15-10/h3-4H,5-8H2,1-2H3. The van der Waals surface area contributed by atoms with Crippen LogP contribution < -0.4 is 0 Å². The highest BCUT2D eigenvalue weighted by atomic mass is 35.5. The van der Waals surface area contributed by atoms with Crippen molar-refractivity contribution in [3.8, 4) is 0 Å². The molecule has 0 aliphatic carbocycles. The van der Waals surface area contributed by atoms with Gasteiger partial charge in [-0.2, -0.15) is 0 Å². The Morgan fingerprint density at radius 3 is 2.73 bits per heavy atom. The maximum atomic E-state index is 10.8. The fraction of sp³-hybridized carbons (Fsp3) is 0.545. The minimum atomic E-state index is 0.251. The minimum Gasteiger partial charge on any atom is -0.306 e. The highest BCUT2D eigenvalue weighted by Crippen LogP contribution is 2.21. The van der Waals surface area contributed by atoms with Crippen molar-refractivity contribution < 1.29 is 4.79 Å². The third-order valence-electron chi connectivity index (χ3n) is 2.21. The van der Waals surface area contributed by atoms with E-state index < -0.39 is 0 Å². The Labute approximate surface area is 99.9 Å². The number of likely N-dealkylation sites (N-methyl/N-ethyl adjacent to an activating group) is 1. The van der Waals surface area contributed by atoms with Crippen molar-refractivity contribution in [1.29, 1.82) is 0 Å². The van der Waals surface area contributed by atoms with Crippen LogP contribution >= 0.6 is 22.9 Å². The van der Waals surface area contributed by atoms with Crippen molar-refractivity contribution in [3.63, 3.8) is 0 Å². The zero-order valence-electron chi connectivity index (χ0n) is 9.12. The fourth-order valence-electron chi connectivity index (χ4n) is 1.25. The van der Waals surface area contributed by atoms with E-state index in [1.807, 2.05) is 13.1 Å². The number of carbonyl (C=O) groups excluding carboxylic acids is 1. The second kappa shape index (κ2) is 6.26. The maximum absolute atomic E-state index is 10.8. The molecule has 0 bridgehead atoms. The van der Waals surface area contributed by atoms with Gasteiger partial charge >= 0.3 is 0 Å². The van der Waals surface area contributed by atoms with Gasteiger partial charge in [0.15, 0.2) is 0 Å². The Kier molecular flexibility index (Phi) is 5.29. The van der Waals surface area contributed by atoms with Gasteiger partial charge in [-0.1, -0.05) is 11.6 Å². The Hall–Kier alpha value is -0.380. The first kappa shape index (κ1) is 12.7. The van der Waals surface area contributed by atoms with E-state index in [4.69, 9.17) is 11.6 Å². The molecule has 0 saturated carbocycles. The van der Waals surface area contributed by atoms with E-state index in [0.29, 0.717) is 6.42 Å². The second-order valence-electron chi connectivity index (χ2n) is 3.71. The summed E-state index contributed by atoms with van der Waals surface area (Å²) in [5.74, 6) is 0.251. The van der Waals surface area contributed by atoms with Gasteiger partial charge in [-0.25, -0.2) is 0 Å². The predicted molar refractivity (Wildman–Crippen MR) is 65.8 cm³/mol. The minimum absolute atomic E-state index is 0.251. The van der Waals surface area contributed by atoms with E-state index in [9.17, 15) is 4.79 Å². The maximum Gasteiger partial charge on any atom is 0.131 e. The smallest absolute Gasteiger partial charge is 0.131 e. The van der Waals surface area contributed by atoms with Gasteiger partial charge in [0.25, 0.3) is 0 Å². The van der Waals surface area contributed by atoms with Gasteiger partial charge in [-0.15, -0.1) is 11.3 Å². The van der Waals surface area contributed by atoms with Crippen LogP contribution in [0.25, 0.3) is 0 Å². The SMILES string of the molecule is CC(=O)CCN(C)CCc1ccc(Cl)s1. The zero-order chi connectivity index (χ0) is 11.3. The molecular formula is C11H16ClNOS. The van der Waals surface area contributed by atoms with E-state index in [2.05, 4.69) is 11.0 Å². The molecule has 2 nitrogen and oxygen atoms in total. The Balaban J connectivity index is 2.22. The molecule has 1 rings (SSSR count). The van der Waals surface area contributed by atoms with Crippen molar-refractivity contribution in [3.05, 3.63) is 21.3 Å². The van der Waals surface area contributed by atoms with Gasteiger partial charge in [-0.05, 0) is 32.5 Å². The van der Waals surface area contributed by atoms with Gasteiger partial charge in [0.1, 0.15) is 5.78 Å². The molecule has 0 aliphatic rings. The second-order valence-corrected chi connectivity index (χ2v) is 5.51. The number of carbonyl (C=O) groups is 1. The lowest BCUT2D eigenvalue weighted by Gasteiger charge is -2.14.